The van der Waals surface area contributed by atoms with E-state index in [0.29, 0.717) is 23.4 Å². The van der Waals surface area contributed by atoms with E-state index in [9.17, 15) is 9.18 Å². The summed E-state index contributed by atoms with van der Waals surface area (Å²) >= 11 is 0. The maximum absolute atomic E-state index is 13.8. The summed E-state index contributed by atoms with van der Waals surface area (Å²) in [5, 5.41) is 0.456. The normalized spacial score (nSPS) is 11.2. The first-order valence-electron chi connectivity index (χ1n) is 6.49. The third-order valence-electron chi connectivity index (χ3n) is 2.87. The fourth-order valence-electron chi connectivity index (χ4n) is 2.12. The molecule has 0 unspecified atom stereocenters. The molecule has 1 aromatic carbocycles. The van der Waals surface area contributed by atoms with E-state index in [1.54, 1.807) is 13.0 Å². The van der Waals surface area contributed by atoms with Gasteiger partial charge in [-0.15, -0.1) is 0 Å². The van der Waals surface area contributed by atoms with Gasteiger partial charge < -0.3 is 9.72 Å². The van der Waals surface area contributed by atoms with E-state index in [2.05, 4.69) is 18.8 Å². The average Bonchev–Trinajstić information content (AvgIpc) is 2.30. The van der Waals surface area contributed by atoms with Crippen LogP contribution in [0.1, 0.15) is 26.5 Å². The molecule has 0 bridgehead atoms. The van der Waals surface area contributed by atoms with Gasteiger partial charge >= 0.3 is 0 Å². The van der Waals surface area contributed by atoms with Gasteiger partial charge in [0, 0.05) is 23.2 Å². The Morgan fingerprint density at radius 3 is 2.68 bits per heavy atom. The number of aromatic nitrogens is 1. The molecule has 0 aliphatic rings. The molecule has 4 heteroatoms. The van der Waals surface area contributed by atoms with Crippen LogP contribution >= 0.6 is 0 Å². The quantitative estimate of drug-likeness (QED) is 0.920. The van der Waals surface area contributed by atoms with Crippen molar-refractivity contribution in [3.8, 4) is 5.75 Å². The molecule has 0 amide bonds. The Hall–Kier alpha value is -1.84. The van der Waals surface area contributed by atoms with Crippen LogP contribution in [0.15, 0.2) is 23.0 Å². The number of benzene rings is 1. The molecule has 0 aliphatic carbocycles. The number of rotatable bonds is 4. The molecule has 0 radical (unpaired) electrons. The monoisotopic (exact) mass is 263 g/mol. The van der Waals surface area contributed by atoms with Gasteiger partial charge in [-0.2, -0.15) is 0 Å². The van der Waals surface area contributed by atoms with Crippen LogP contribution in [-0.4, -0.2) is 11.6 Å². The smallest absolute Gasteiger partial charge is 0.189 e. The van der Waals surface area contributed by atoms with Crippen LogP contribution in [0.3, 0.4) is 0 Å². The Kier molecular flexibility index (Phi) is 3.88. The molecule has 1 heterocycles. The lowest BCUT2D eigenvalue weighted by Gasteiger charge is -2.09. The van der Waals surface area contributed by atoms with E-state index >= 15 is 0 Å². The summed E-state index contributed by atoms with van der Waals surface area (Å²) in [6.07, 6.45) is 0.764. The lowest BCUT2D eigenvalue weighted by atomic mass is 10.1. The molecule has 0 atom stereocenters. The van der Waals surface area contributed by atoms with Crippen LogP contribution in [0.5, 0.6) is 5.75 Å². The molecule has 19 heavy (non-hydrogen) atoms. The number of ether oxygens (including phenoxy) is 1. The van der Waals surface area contributed by atoms with Crippen LogP contribution < -0.4 is 10.2 Å². The Morgan fingerprint density at radius 1 is 1.32 bits per heavy atom. The minimum Gasteiger partial charge on any atom is -0.491 e. The number of H-pyrrole nitrogens is 1. The fourth-order valence-corrected chi connectivity index (χ4v) is 2.12. The van der Waals surface area contributed by atoms with Gasteiger partial charge in [0.15, 0.2) is 17.0 Å². The van der Waals surface area contributed by atoms with E-state index in [1.807, 2.05) is 0 Å². The van der Waals surface area contributed by atoms with Crippen LogP contribution in [0, 0.1) is 11.7 Å². The van der Waals surface area contributed by atoms with Gasteiger partial charge in [-0.05, 0) is 25.3 Å². The zero-order valence-corrected chi connectivity index (χ0v) is 11.4. The minimum atomic E-state index is -0.452. The molecular weight excluding hydrogens is 245 g/mol. The number of pyridine rings is 1. The zero-order valence-electron chi connectivity index (χ0n) is 11.4. The van der Waals surface area contributed by atoms with E-state index in [-0.39, 0.29) is 11.2 Å². The van der Waals surface area contributed by atoms with E-state index in [1.165, 1.54) is 12.1 Å². The summed E-state index contributed by atoms with van der Waals surface area (Å²) in [6.45, 7) is 6.29. The highest BCUT2D eigenvalue weighted by molar-refractivity contribution is 5.80. The predicted octanol–water partition coefficient (Wildman–Crippen LogP) is 3.26. The van der Waals surface area contributed by atoms with Crippen LogP contribution in [-0.2, 0) is 6.42 Å². The van der Waals surface area contributed by atoms with Crippen molar-refractivity contribution in [3.05, 3.63) is 39.9 Å². The van der Waals surface area contributed by atoms with Gasteiger partial charge in [-0.25, -0.2) is 4.39 Å². The van der Waals surface area contributed by atoms with Gasteiger partial charge in [0.25, 0.3) is 0 Å². The van der Waals surface area contributed by atoms with Crippen molar-refractivity contribution in [1.82, 2.24) is 4.98 Å². The molecule has 0 saturated carbocycles. The van der Waals surface area contributed by atoms with Crippen molar-refractivity contribution in [2.75, 3.05) is 6.61 Å². The molecule has 3 nitrogen and oxygen atoms in total. The molecule has 0 aliphatic heterocycles. The summed E-state index contributed by atoms with van der Waals surface area (Å²) < 4.78 is 19.0. The van der Waals surface area contributed by atoms with Crippen molar-refractivity contribution in [2.24, 2.45) is 5.92 Å². The highest BCUT2D eigenvalue weighted by atomic mass is 19.1. The van der Waals surface area contributed by atoms with Crippen molar-refractivity contribution in [3.63, 3.8) is 0 Å². The fraction of sp³-hybridized carbons (Fsp3) is 0.400. The van der Waals surface area contributed by atoms with Crippen molar-refractivity contribution >= 4 is 10.9 Å². The van der Waals surface area contributed by atoms with Crippen molar-refractivity contribution < 1.29 is 9.13 Å². The lowest BCUT2D eigenvalue weighted by molar-refractivity contribution is 0.322. The van der Waals surface area contributed by atoms with E-state index in [0.717, 1.165) is 12.1 Å². The lowest BCUT2D eigenvalue weighted by Crippen LogP contribution is -2.08. The van der Waals surface area contributed by atoms with Crippen LogP contribution in [0.2, 0.25) is 0 Å². The van der Waals surface area contributed by atoms with Crippen LogP contribution in [0.4, 0.5) is 4.39 Å². The molecule has 102 valence electrons. The first-order chi connectivity index (χ1) is 9.01. The Morgan fingerprint density at radius 2 is 2.05 bits per heavy atom. The highest BCUT2D eigenvalue weighted by Crippen LogP contribution is 2.22. The second kappa shape index (κ2) is 5.43. The summed E-state index contributed by atoms with van der Waals surface area (Å²) in [6, 6.07) is 4.37. The summed E-state index contributed by atoms with van der Waals surface area (Å²) in [7, 11) is 0. The summed E-state index contributed by atoms with van der Waals surface area (Å²) in [5.41, 5.74) is 1.24. The van der Waals surface area contributed by atoms with Gasteiger partial charge in [-0.1, -0.05) is 13.8 Å². The predicted molar refractivity (Wildman–Crippen MR) is 74.2 cm³/mol. The second-order valence-electron chi connectivity index (χ2n) is 5.02. The second-order valence-corrected chi connectivity index (χ2v) is 5.02. The highest BCUT2D eigenvalue weighted by Gasteiger charge is 2.10. The first-order valence-corrected chi connectivity index (χ1v) is 6.49. The first kappa shape index (κ1) is 13.6. The topological polar surface area (TPSA) is 42.1 Å². The Balaban J connectivity index is 2.57. The molecule has 1 N–H and O–H groups in total. The van der Waals surface area contributed by atoms with Gasteiger partial charge in [-0.3, -0.25) is 4.79 Å². The molecular formula is C15H18FNO2. The molecule has 0 spiro atoms. The number of aromatic amines is 1. The third-order valence-corrected chi connectivity index (χ3v) is 2.87. The number of hydrogen-bond donors (Lipinski definition) is 1. The summed E-state index contributed by atoms with van der Waals surface area (Å²) in [5.74, 6) is 0.101. The summed E-state index contributed by atoms with van der Waals surface area (Å²) in [4.78, 5) is 15.2. The zero-order chi connectivity index (χ0) is 14.0. The van der Waals surface area contributed by atoms with Crippen molar-refractivity contribution in [2.45, 2.75) is 27.2 Å². The minimum absolute atomic E-state index is 0.106. The number of hydrogen-bond acceptors (Lipinski definition) is 2. The standard InChI is InChI=1S/C15H18FNO2/c1-4-19-15-7-11-13(8-12(15)16)17-10(5-9(2)3)6-14(11)18/h6-9H,4-5H2,1-3H3,(H,17,18). The molecule has 0 saturated heterocycles. The van der Waals surface area contributed by atoms with Crippen LogP contribution in [0.25, 0.3) is 10.9 Å². The number of fused-ring (bicyclic) bond motifs is 1. The van der Waals surface area contributed by atoms with Gasteiger partial charge in [0.05, 0.1) is 12.1 Å². The maximum atomic E-state index is 13.8. The number of nitrogens with one attached hydrogen (secondary N) is 1. The molecule has 0 fully saturated rings. The SMILES string of the molecule is CCOc1cc2c(=O)cc(CC(C)C)[nH]c2cc1F. The van der Waals surface area contributed by atoms with Crippen molar-refractivity contribution in [1.29, 1.82) is 0 Å². The van der Waals surface area contributed by atoms with E-state index in [4.69, 9.17) is 4.74 Å². The maximum Gasteiger partial charge on any atom is 0.189 e. The van der Waals surface area contributed by atoms with E-state index < -0.39 is 5.82 Å². The number of halogens is 1. The molecule has 2 aromatic rings. The van der Waals surface area contributed by atoms with Gasteiger partial charge in [0.2, 0.25) is 0 Å². The third kappa shape index (κ3) is 2.95. The molecule has 2 rings (SSSR count). The largest absolute Gasteiger partial charge is 0.491 e. The molecule has 1 aromatic heterocycles. The average molecular weight is 263 g/mol. The van der Waals surface area contributed by atoms with Gasteiger partial charge in [0.1, 0.15) is 0 Å². The Bertz CT molecular complexity index is 646. The Labute approximate surface area is 111 Å².